The summed E-state index contributed by atoms with van der Waals surface area (Å²) in [5.74, 6) is 0.0915. The van der Waals surface area contributed by atoms with Crippen LogP contribution in [0.2, 0.25) is 0 Å². The van der Waals surface area contributed by atoms with E-state index in [1.807, 2.05) is 18.7 Å². The summed E-state index contributed by atoms with van der Waals surface area (Å²) in [4.78, 5) is 13.8. The summed E-state index contributed by atoms with van der Waals surface area (Å²) in [5, 5.41) is 8.89. The van der Waals surface area contributed by atoms with E-state index in [2.05, 4.69) is 19.9 Å². The summed E-state index contributed by atoms with van der Waals surface area (Å²) in [6.45, 7) is 9.65. The molecule has 1 unspecified atom stereocenters. The van der Waals surface area contributed by atoms with Crippen LogP contribution in [0, 0.1) is 23.2 Å². The first-order valence-electron chi connectivity index (χ1n) is 6.32. The van der Waals surface area contributed by atoms with Crippen molar-refractivity contribution in [2.45, 2.75) is 47.0 Å². The second-order valence-corrected chi connectivity index (χ2v) is 4.15. The van der Waals surface area contributed by atoms with Crippen molar-refractivity contribution in [3.05, 3.63) is 0 Å². The van der Waals surface area contributed by atoms with Gasteiger partial charge in [-0.1, -0.05) is 33.6 Å². The van der Waals surface area contributed by atoms with Crippen molar-refractivity contribution >= 4 is 5.91 Å². The minimum absolute atomic E-state index is 0.000556. The van der Waals surface area contributed by atoms with Gasteiger partial charge in [0, 0.05) is 13.1 Å². The van der Waals surface area contributed by atoms with Gasteiger partial charge < -0.3 is 4.90 Å². The zero-order valence-corrected chi connectivity index (χ0v) is 11.0. The third-order valence-corrected chi connectivity index (χ3v) is 3.19. The van der Waals surface area contributed by atoms with E-state index in [1.54, 1.807) is 0 Å². The average molecular weight is 224 g/mol. The fraction of sp³-hybridized carbons (Fsp3) is 0.846. The van der Waals surface area contributed by atoms with Gasteiger partial charge in [-0.15, -0.1) is 0 Å². The zero-order chi connectivity index (χ0) is 12.6. The molecule has 92 valence electrons. The van der Waals surface area contributed by atoms with Gasteiger partial charge in [-0.2, -0.15) is 5.26 Å². The predicted octanol–water partition coefficient (Wildman–Crippen LogP) is 2.82. The lowest BCUT2D eigenvalue weighted by Crippen LogP contribution is -2.38. The van der Waals surface area contributed by atoms with Gasteiger partial charge in [-0.25, -0.2) is 0 Å². The number of rotatable bonds is 7. The number of hydrogen-bond donors (Lipinski definition) is 0. The van der Waals surface area contributed by atoms with Crippen LogP contribution in [0.4, 0.5) is 0 Å². The Kier molecular flexibility index (Phi) is 7.62. The molecule has 1 amide bonds. The van der Waals surface area contributed by atoms with Crippen molar-refractivity contribution in [3.63, 3.8) is 0 Å². The van der Waals surface area contributed by atoms with E-state index in [0.29, 0.717) is 18.9 Å². The number of amides is 1. The molecule has 0 saturated heterocycles. The Labute approximate surface area is 99.4 Å². The van der Waals surface area contributed by atoms with Gasteiger partial charge in [-0.3, -0.25) is 4.79 Å². The molecule has 16 heavy (non-hydrogen) atoms. The van der Waals surface area contributed by atoms with E-state index in [-0.39, 0.29) is 5.91 Å². The summed E-state index contributed by atoms with van der Waals surface area (Å²) in [5.41, 5.74) is 0. The fourth-order valence-corrected chi connectivity index (χ4v) is 1.77. The lowest BCUT2D eigenvalue weighted by molar-refractivity contribution is -0.134. The monoisotopic (exact) mass is 224 g/mol. The molecule has 0 saturated carbocycles. The normalized spacial score (nSPS) is 12.2. The Morgan fingerprint density at radius 2 is 1.75 bits per heavy atom. The average Bonchev–Trinajstić information content (AvgIpc) is 2.32. The largest absolute Gasteiger partial charge is 0.342 e. The Morgan fingerprint density at radius 3 is 2.06 bits per heavy atom. The second-order valence-electron chi connectivity index (χ2n) is 4.15. The van der Waals surface area contributed by atoms with Gasteiger partial charge >= 0.3 is 0 Å². The molecule has 0 aliphatic rings. The minimum atomic E-state index is -0.464. The van der Waals surface area contributed by atoms with Crippen molar-refractivity contribution < 1.29 is 4.79 Å². The van der Waals surface area contributed by atoms with Crippen LogP contribution in [0.25, 0.3) is 0 Å². The van der Waals surface area contributed by atoms with Gasteiger partial charge in [0.1, 0.15) is 5.92 Å². The lowest BCUT2D eigenvalue weighted by atomic mass is 10.0. The van der Waals surface area contributed by atoms with Gasteiger partial charge in [0.05, 0.1) is 6.07 Å². The molecule has 0 aliphatic heterocycles. The van der Waals surface area contributed by atoms with E-state index in [0.717, 1.165) is 19.4 Å². The smallest absolute Gasteiger partial charge is 0.239 e. The first kappa shape index (κ1) is 15.0. The van der Waals surface area contributed by atoms with Crippen LogP contribution in [-0.2, 0) is 4.79 Å². The molecule has 0 aliphatic carbocycles. The lowest BCUT2D eigenvalue weighted by Gasteiger charge is -2.26. The summed E-state index contributed by atoms with van der Waals surface area (Å²) >= 11 is 0. The number of carbonyl (C=O) groups is 1. The molecule has 0 aromatic heterocycles. The maximum absolute atomic E-state index is 12.0. The van der Waals surface area contributed by atoms with Gasteiger partial charge in [0.25, 0.3) is 0 Å². The Hall–Kier alpha value is -1.04. The van der Waals surface area contributed by atoms with E-state index < -0.39 is 5.92 Å². The third-order valence-electron chi connectivity index (χ3n) is 3.19. The zero-order valence-electron chi connectivity index (χ0n) is 11.0. The summed E-state index contributed by atoms with van der Waals surface area (Å²) < 4.78 is 0. The number of nitriles is 1. The van der Waals surface area contributed by atoms with Crippen molar-refractivity contribution in [2.75, 3.05) is 13.1 Å². The minimum Gasteiger partial charge on any atom is -0.342 e. The summed E-state index contributed by atoms with van der Waals surface area (Å²) in [6, 6.07) is 2.08. The fourth-order valence-electron chi connectivity index (χ4n) is 1.77. The van der Waals surface area contributed by atoms with Crippen LogP contribution < -0.4 is 0 Å². The SMILES string of the molecule is CCC(CC)CN(CC)C(=O)C(C#N)CC. The molecule has 0 heterocycles. The van der Waals surface area contributed by atoms with Crippen molar-refractivity contribution in [2.24, 2.45) is 11.8 Å². The predicted molar refractivity (Wildman–Crippen MR) is 65.7 cm³/mol. The molecule has 0 bridgehead atoms. The first-order chi connectivity index (χ1) is 7.64. The van der Waals surface area contributed by atoms with E-state index in [9.17, 15) is 4.79 Å². The molecule has 0 N–H and O–H groups in total. The summed E-state index contributed by atoms with van der Waals surface area (Å²) in [6.07, 6.45) is 2.78. The Balaban J connectivity index is 4.49. The first-order valence-corrected chi connectivity index (χ1v) is 6.32. The van der Waals surface area contributed by atoms with E-state index >= 15 is 0 Å². The molecule has 0 radical (unpaired) electrons. The Bertz CT molecular complexity index is 241. The molecule has 3 heteroatoms. The van der Waals surface area contributed by atoms with Gasteiger partial charge in [-0.05, 0) is 19.3 Å². The molecular formula is C13H24N2O. The van der Waals surface area contributed by atoms with Gasteiger partial charge in [0.2, 0.25) is 5.91 Å². The second kappa shape index (κ2) is 8.15. The maximum Gasteiger partial charge on any atom is 0.239 e. The van der Waals surface area contributed by atoms with Crippen LogP contribution in [0.15, 0.2) is 0 Å². The molecule has 0 fully saturated rings. The van der Waals surface area contributed by atoms with Crippen LogP contribution in [-0.4, -0.2) is 23.9 Å². The van der Waals surface area contributed by atoms with Gasteiger partial charge in [0.15, 0.2) is 0 Å². The topological polar surface area (TPSA) is 44.1 Å². The highest BCUT2D eigenvalue weighted by molar-refractivity contribution is 5.81. The molecule has 3 nitrogen and oxygen atoms in total. The van der Waals surface area contributed by atoms with Crippen molar-refractivity contribution in [1.82, 2.24) is 4.90 Å². The van der Waals surface area contributed by atoms with Crippen LogP contribution >= 0.6 is 0 Å². The Morgan fingerprint density at radius 1 is 1.19 bits per heavy atom. The standard InChI is InChI=1S/C13H24N2O/c1-5-11(6-2)10-15(8-4)13(16)12(7-3)9-14/h11-12H,5-8,10H2,1-4H3. The van der Waals surface area contributed by atoms with Crippen LogP contribution in [0.5, 0.6) is 0 Å². The highest BCUT2D eigenvalue weighted by atomic mass is 16.2. The van der Waals surface area contributed by atoms with Crippen LogP contribution in [0.1, 0.15) is 47.0 Å². The number of carbonyl (C=O) groups excluding carboxylic acids is 1. The van der Waals surface area contributed by atoms with E-state index in [4.69, 9.17) is 5.26 Å². The molecule has 0 rings (SSSR count). The van der Waals surface area contributed by atoms with Crippen molar-refractivity contribution in [3.8, 4) is 6.07 Å². The highest BCUT2D eigenvalue weighted by Crippen LogP contribution is 2.13. The number of nitrogens with zero attached hydrogens (tertiary/aromatic N) is 2. The molecule has 0 aromatic rings. The van der Waals surface area contributed by atoms with Crippen molar-refractivity contribution in [1.29, 1.82) is 5.26 Å². The molecule has 0 spiro atoms. The van der Waals surface area contributed by atoms with E-state index in [1.165, 1.54) is 0 Å². The quantitative estimate of drug-likeness (QED) is 0.667. The third kappa shape index (κ3) is 4.22. The molecular weight excluding hydrogens is 200 g/mol. The molecule has 0 aromatic carbocycles. The van der Waals surface area contributed by atoms with Crippen LogP contribution in [0.3, 0.4) is 0 Å². The number of hydrogen-bond acceptors (Lipinski definition) is 2. The molecule has 1 atom stereocenters. The highest BCUT2D eigenvalue weighted by Gasteiger charge is 2.22. The summed E-state index contributed by atoms with van der Waals surface area (Å²) in [7, 11) is 0. The maximum atomic E-state index is 12.0.